The lowest BCUT2D eigenvalue weighted by atomic mass is 10.3. The molecule has 0 fully saturated rings. The average Bonchev–Trinajstić information content (AvgIpc) is 2.79. The fourth-order valence-corrected chi connectivity index (χ4v) is 1.58. The number of nitrogen functional groups attached to an aromatic ring is 1. The molecule has 0 aliphatic heterocycles. The van der Waals surface area contributed by atoms with Crippen LogP contribution in [-0.2, 0) is 0 Å². The normalized spacial score (nSPS) is 10.3. The van der Waals surface area contributed by atoms with Crippen LogP contribution in [-0.4, -0.2) is 21.2 Å². The van der Waals surface area contributed by atoms with Crippen molar-refractivity contribution in [1.29, 1.82) is 0 Å². The summed E-state index contributed by atoms with van der Waals surface area (Å²) in [7, 11) is 0. The Bertz CT molecular complexity index is 437. The van der Waals surface area contributed by atoms with Crippen molar-refractivity contribution in [3.05, 3.63) is 37.1 Å². The van der Waals surface area contributed by atoms with Crippen LogP contribution in [0.3, 0.4) is 0 Å². The molecule has 2 N–H and O–H groups in total. The summed E-state index contributed by atoms with van der Waals surface area (Å²) in [5.74, 6) is 0.527. The van der Waals surface area contributed by atoms with E-state index < -0.39 is 0 Å². The van der Waals surface area contributed by atoms with Gasteiger partial charge in [0.05, 0.1) is 5.69 Å². The van der Waals surface area contributed by atoms with Crippen LogP contribution in [0.1, 0.15) is 13.3 Å². The Kier molecular flexibility index (Phi) is 3.05. The second kappa shape index (κ2) is 4.65. The van der Waals surface area contributed by atoms with Gasteiger partial charge in [0.25, 0.3) is 0 Å². The first kappa shape index (κ1) is 10.5. The summed E-state index contributed by atoms with van der Waals surface area (Å²) in [4.78, 5) is 8.04. The maximum absolute atomic E-state index is 5.68. The second-order valence-electron chi connectivity index (χ2n) is 3.50. The van der Waals surface area contributed by atoms with E-state index in [2.05, 4.69) is 21.9 Å². The first-order chi connectivity index (χ1) is 7.81. The fraction of sp³-hybridized carbons (Fsp3) is 0.273. The van der Waals surface area contributed by atoms with E-state index in [9.17, 15) is 0 Å². The Labute approximate surface area is 94.5 Å². The van der Waals surface area contributed by atoms with E-state index in [0.717, 1.165) is 18.7 Å². The number of aromatic nitrogens is 3. The molecule has 0 unspecified atom stereocenters. The lowest BCUT2D eigenvalue weighted by molar-refractivity contribution is 0.674. The van der Waals surface area contributed by atoms with E-state index in [1.165, 1.54) is 0 Å². The zero-order valence-electron chi connectivity index (χ0n) is 9.24. The van der Waals surface area contributed by atoms with Gasteiger partial charge in [0, 0.05) is 31.2 Å². The molecule has 5 heteroatoms. The van der Waals surface area contributed by atoms with Crippen molar-refractivity contribution >= 4 is 11.5 Å². The van der Waals surface area contributed by atoms with Crippen molar-refractivity contribution in [3.63, 3.8) is 0 Å². The summed E-state index contributed by atoms with van der Waals surface area (Å²) in [6.07, 6.45) is 8.19. The van der Waals surface area contributed by atoms with Crippen LogP contribution >= 0.6 is 0 Å². The van der Waals surface area contributed by atoms with Gasteiger partial charge >= 0.3 is 0 Å². The minimum atomic E-state index is 0.527. The van der Waals surface area contributed by atoms with Gasteiger partial charge in [0.2, 0.25) is 0 Å². The summed E-state index contributed by atoms with van der Waals surface area (Å²) >= 11 is 0. The summed E-state index contributed by atoms with van der Waals surface area (Å²) in [5.41, 5.74) is 6.70. The first-order valence-electron chi connectivity index (χ1n) is 5.28. The molecule has 0 radical (unpaired) electrons. The minimum absolute atomic E-state index is 0.527. The molecule has 5 nitrogen and oxygen atoms in total. The Morgan fingerprint density at radius 2 is 2.31 bits per heavy atom. The number of hydrogen-bond donors (Lipinski definition) is 1. The molecular formula is C11H15N5. The van der Waals surface area contributed by atoms with E-state index >= 15 is 0 Å². The van der Waals surface area contributed by atoms with Gasteiger partial charge < -0.3 is 5.73 Å². The van der Waals surface area contributed by atoms with E-state index in [1.807, 2.05) is 23.0 Å². The number of nitrogens with zero attached hydrogens (tertiary/aromatic N) is 4. The molecule has 0 aliphatic carbocycles. The lowest BCUT2D eigenvalue weighted by Gasteiger charge is -2.24. The highest BCUT2D eigenvalue weighted by atomic mass is 15.5. The predicted molar refractivity (Wildman–Crippen MR) is 63.9 cm³/mol. The summed E-state index contributed by atoms with van der Waals surface area (Å²) < 4.78 is 1.94. The van der Waals surface area contributed by atoms with Crippen LogP contribution < -0.4 is 10.7 Å². The molecule has 2 aromatic rings. The highest BCUT2D eigenvalue weighted by molar-refractivity contribution is 5.51. The van der Waals surface area contributed by atoms with Gasteiger partial charge in [-0.05, 0) is 12.5 Å². The van der Waals surface area contributed by atoms with Gasteiger partial charge in [-0.25, -0.2) is 14.6 Å². The SMILES string of the molecule is CCCN(c1ccnc(N)c1)n1ccnc1. The van der Waals surface area contributed by atoms with Gasteiger partial charge in [-0.2, -0.15) is 0 Å². The summed E-state index contributed by atoms with van der Waals surface area (Å²) in [5, 5.41) is 2.10. The molecule has 2 aromatic heterocycles. The van der Waals surface area contributed by atoms with Gasteiger partial charge in [-0.15, -0.1) is 0 Å². The maximum atomic E-state index is 5.68. The molecule has 2 heterocycles. The Morgan fingerprint density at radius 1 is 1.44 bits per heavy atom. The van der Waals surface area contributed by atoms with Crippen molar-refractivity contribution in [2.24, 2.45) is 0 Å². The smallest absolute Gasteiger partial charge is 0.125 e. The molecule has 0 aliphatic rings. The number of rotatable bonds is 4. The zero-order valence-corrected chi connectivity index (χ0v) is 9.24. The highest BCUT2D eigenvalue weighted by Crippen LogP contribution is 2.16. The van der Waals surface area contributed by atoms with Crippen LogP contribution in [0.25, 0.3) is 0 Å². The molecule has 0 aromatic carbocycles. The van der Waals surface area contributed by atoms with Crippen molar-refractivity contribution in [1.82, 2.24) is 14.6 Å². The Hall–Kier alpha value is -2.04. The van der Waals surface area contributed by atoms with Crippen molar-refractivity contribution in [2.45, 2.75) is 13.3 Å². The molecule has 0 amide bonds. The maximum Gasteiger partial charge on any atom is 0.125 e. The molecule has 16 heavy (non-hydrogen) atoms. The van der Waals surface area contributed by atoms with Gasteiger partial charge in [-0.3, -0.25) is 5.01 Å². The third-order valence-corrected chi connectivity index (χ3v) is 2.27. The van der Waals surface area contributed by atoms with E-state index in [-0.39, 0.29) is 0 Å². The van der Waals surface area contributed by atoms with E-state index in [4.69, 9.17) is 5.73 Å². The highest BCUT2D eigenvalue weighted by Gasteiger charge is 2.07. The molecule has 0 saturated heterocycles. The molecule has 0 atom stereocenters. The topological polar surface area (TPSA) is 60.0 Å². The van der Waals surface area contributed by atoms with Crippen molar-refractivity contribution < 1.29 is 0 Å². The molecular weight excluding hydrogens is 202 g/mol. The largest absolute Gasteiger partial charge is 0.384 e. The van der Waals surface area contributed by atoms with Gasteiger partial charge in [0.15, 0.2) is 0 Å². The number of imidazole rings is 1. The molecule has 0 bridgehead atoms. The van der Waals surface area contributed by atoms with E-state index in [0.29, 0.717) is 5.82 Å². The number of anilines is 2. The van der Waals surface area contributed by atoms with Crippen LogP contribution in [0.15, 0.2) is 37.1 Å². The van der Waals surface area contributed by atoms with Gasteiger partial charge in [-0.1, -0.05) is 6.92 Å². The fourth-order valence-electron chi connectivity index (χ4n) is 1.58. The van der Waals surface area contributed by atoms with Crippen LogP contribution in [0.5, 0.6) is 0 Å². The number of nitrogens with two attached hydrogens (primary N) is 1. The quantitative estimate of drug-likeness (QED) is 0.844. The lowest BCUT2D eigenvalue weighted by Crippen LogP contribution is -2.29. The molecule has 2 rings (SSSR count). The van der Waals surface area contributed by atoms with Gasteiger partial charge in [0.1, 0.15) is 12.1 Å². The van der Waals surface area contributed by atoms with Crippen molar-refractivity contribution in [3.8, 4) is 0 Å². The third-order valence-electron chi connectivity index (χ3n) is 2.27. The molecule has 84 valence electrons. The Balaban J connectivity index is 2.33. The standard InChI is InChI=1S/C11H15N5/c1-2-6-16(15-7-5-13-9-15)10-3-4-14-11(12)8-10/h3-5,7-9H,2,6H2,1H3,(H2,12,14). The van der Waals surface area contributed by atoms with Crippen LogP contribution in [0, 0.1) is 0 Å². The predicted octanol–water partition coefficient (Wildman–Crippen LogP) is 1.54. The van der Waals surface area contributed by atoms with Crippen molar-refractivity contribution in [2.75, 3.05) is 17.3 Å². The number of pyridine rings is 1. The molecule has 0 spiro atoms. The second-order valence-corrected chi connectivity index (χ2v) is 3.50. The monoisotopic (exact) mass is 217 g/mol. The Morgan fingerprint density at radius 3 is 2.94 bits per heavy atom. The zero-order chi connectivity index (χ0) is 11.4. The first-order valence-corrected chi connectivity index (χ1v) is 5.28. The average molecular weight is 217 g/mol. The summed E-state index contributed by atoms with van der Waals surface area (Å²) in [6.45, 7) is 3.04. The minimum Gasteiger partial charge on any atom is -0.384 e. The number of hydrogen-bond acceptors (Lipinski definition) is 4. The summed E-state index contributed by atoms with van der Waals surface area (Å²) in [6, 6.07) is 3.79. The van der Waals surface area contributed by atoms with Crippen LogP contribution in [0.2, 0.25) is 0 Å². The third kappa shape index (κ3) is 2.13. The van der Waals surface area contributed by atoms with Crippen LogP contribution in [0.4, 0.5) is 11.5 Å². The molecule has 0 saturated carbocycles. The van der Waals surface area contributed by atoms with E-state index in [1.54, 1.807) is 18.7 Å².